The minimum atomic E-state index is -0.506. The molecule has 35 heavy (non-hydrogen) atoms. The fraction of sp³-hybridized carbons (Fsp3) is 0.643. The van der Waals surface area contributed by atoms with Crippen LogP contribution in [0.1, 0.15) is 84.0 Å². The fourth-order valence-corrected chi connectivity index (χ4v) is 5.68. The largest absolute Gasteiger partial charge is 0.444 e. The fourth-order valence-electron chi connectivity index (χ4n) is 5.68. The van der Waals surface area contributed by atoms with Crippen LogP contribution in [0.2, 0.25) is 0 Å². The SMILES string of the molecule is CC(C)CC1c2[nH]c3ccc(F)cc3c2CCN1C(=O)C1CCC(CNC(=O)OC(C)(C)C)CC1. The lowest BCUT2D eigenvalue weighted by molar-refractivity contribution is -0.140. The maximum absolute atomic E-state index is 13.9. The van der Waals surface area contributed by atoms with E-state index < -0.39 is 5.60 Å². The molecule has 2 aromatic rings. The first-order valence-electron chi connectivity index (χ1n) is 13.1. The second-order valence-electron chi connectivity index (χ2n) is 11.7. The average molecular weight is 486 g/mol. The number of hydrogen-bond acceptors (Lipinski definition) is 3. The van der Waals surface area contributed by atoms with Gasteiger partial charge in [-0.1, -0.05) is 13.8 Å². The summed E-state index contributed by atoms with van der Waals surface area (Å²) >= 11 is 0. The minimum Gasteiger partial charge on any atom is -0.444 e. The molecule has 1 unspecified atom stereocenters. The van der Waals surface area contributed by atoms with Crippen LogP contribution in [0.25, 0.3) is 10.9 Å². The molecule has 0 radical (unpaired) electrons. The van der Waals surface area contributed by atoms with Crippen LogP contribution >= 0.6 is 0 Å². The molecule has 0 bridgehead atoms. The van der Waals surface area contributed by atoms with Gasteiger partial charge in [-0.2, -0.15) is 0 Å². The summed E-state index contributed by atoms with van der Waals surface area (Å²) in [5.74, 6) is 0.834. The molecular formula is C28H40FN3O3. The molecular weight excluding hydrogens is 445 g/mol. The zero-order valence-corrected chi connectivity index (χ0v) is 21.7. The van der Waals surface area contributed by atoms with Gasteiger partial charge >= 0.3 is 6.09 Å². The molecule has 1 aliphatic carbocycles. The smallest absolute Gasteiger partial charge is 0.407 e. The van der Waals surface area contributed by atoms with Gasteiger partial charge < -0.3 is 19.9 Å². The van der Waals surface area contributed by atoms with E-state index in [1.807, 2.05) is 20.8 Å². The average Bonchev–Trinajstić information content (AvgIpc) is 3.15. The van der Waals surface area contributed by atoms with E-state index in [0.717, 1.165) is 60.7 Å². The summed E-state index contributed by atoms with van der Waals surface area (Å²) in [7, 11) is 0. The molecule has 2 amide bonds. The third-order valence-corrected chi connectivity index (χ3v) is 7.32. The Morgan fingerprint density at radius 2 is 1.91 bits per heavy atom. The Morgan fingerprint density at radius 3 is 2.57 bits per heavy atom. The normalized spacial score (nSPS) is 22.8. The van der Waals surface area contributed by atoms with Crippen molar-refractivity contribution in [3.8, 4) is 0 Å². The molecule has 1 saturated carbocycles. The Balaban J connectivity index is 1.41. The molecule has 192 valence electrons. The number of H-pyrrole nitrogens is 1. The van der Waals surface area contributed by atoms with E-state index in [9.17, 15) is 14.0 Å². The molecule has 1 atom stereocenters. The van der Waals surface area contributed by atoms with Crippen molar-refractivity contribution in [1.29, 1.82) is 0 Å². The summed E-state index contributed by atoms with van der Waals surface area (Å²) in [6.07, 6.45) is 4.77. The Labute approximate surface area is 208 Å². The molecule has 1 aromatic heterocycles. The number of fused-ring (bicyclic) bond motifs is 3. The Kier molecular flexibility index (Phi) is 7.43. The first kappa shape index (κ1) is 25.5. The molecule has 6 nitrogen and oxygen atoms in total. The van der Waals surface area contributed by atoms with Crippen molar-refractivity contribution in [1.82, 2.24) is 15.2 Å². The van der Waals surface area contributed by atoms with Crippen molar-refractivity contribution in [3.05, 3.63) is 35.3 Å². The minimum absolute atomic E-state index is 0.00623. The molecule has 7 heteroatoms. The maximum Gasteiger partial charge on any atom is 0.407 e. The van der Waals surface area contributed by atoms with Crippen LogP contribution in [-0.2, 0) is 16.0 Å². The Hall–Kier alpha value is -2.57. The quantitative estimate of drug-likeness (QED) is 0.537. The first-order valence-corrected chi connectivity index (χ1v) is 13.1. The number of rotatable bonds is 5. The van der Waals surface area contributed by atoms with Gasteiger partial charge in [-0.25, -0.2) is 9.18 Å². The van der Waals surface area contributed by atoms with Gasteiger partial charge in [-0.3, -0.25) is 4.79 Å². The summed E-state index contributed by atoms with van der Waals surface area (Å²) in [6, 6.07) is 4.89. The van der Waals surface area contributed by atoms with E-state index >= 15 is 0 Å². The van der Waals surface area contributed by atoms with Gasteiger partial charge in [0.2, 0.25) is 5.91 Å². The van der Waals surface area contributed by atoms with E-state index in [4.69, 9.17) is 4.74 Å². The highest BCUT2D eigenvalue weighted by atomic mass is 19.1. The Morgan fingerprint density at radius 1 is 1.20 bits per heavy atom. The van der Waals surface area contributed by atoms with Gasteiger partial charge in [0.1, 0.15) is 11.4 Å². The predicted molar refractivity (Wildman–Crippen MR) is 136 cm³/mol. The summed E-state index contributed by atoms with van der Waals surface area (Å²) < 4.78 is 19.3. The van der Waals surface area contributed by atoms with Gasteiger partial charge in [0, 0.05) is 35.6 Å². The van der Waals surface area contributed by atoms with E-state index in [2.05, 4.69) is 29.0 Å². The molecule has 4 rings (SSSR count). The molecule has 1 aliphatic heterocycles. The predicted octanol–water partition coefficient (Wildman–Crippen LogP) is 6.11. The summed E-state index contributed by atoms with van der Waals surface area (Å²) in [4.78, 5) is 31.3. The van der Waals surface area contributed by atoms with Gasteiger partial charge in [0.15, 0.2) is 0 Å². The number of ether oxygens (including phenoxy) is 1. The second-order valence-corrected chi connectivity index (χ2v) is 11.7. The van der Waals surface area contributed by atoms with Crippen molar-refractivity contribution in [2.75, 3.05) is 13.1 Å². The third kappa shape index (κ3) is 5.99. The van der Waals surface area contributed by atoms with E-state index in [1.54, 1.807) is 12.1 Å². The standard InChI is InChI=1S/C28H40FN3O3/c1-17(2)14-24-25-21(22-15-20(29)10-11-23(22)31-25)12-13-32(24)26(33)19-8-6-18(7-9-19)16-30-27(34)35-28(3,4)5/h10-11,15,17-19,24,31H,6-9,12-14,16H2,1-5H3,(H,30,34). The number of benzene rings is 1. The third-order valence-electron chi connectivity index (χ3n) is 7.32. The molecule has 0 spiro atoms. The lowest BCUT2D eigenvalue weighted by atomic mass is 9.80. The topological polar surface area (TPSA) is 74.4 Å². The number of aromatic amines is 1. The van der Waals surface area contributed by atoms with Crippen molar-refractivity contribution < 1.29 is 18.7 Å². The molecule has 1 fully saturated rings. The second kappa shape index (κ2) is 10.2. The van der Waals surface area contributed by atoms with Crippen LogP contribution in [0.5, 0.6) is 0 Å². The van der Waals surface area contributed by atoms with Crippen LogP contribution in [0.4, 0.5) is 9.18 Å². The van der Waals surface area contributed by atoms with Gasteiger partial charge in [0.05, 0.1) is 6.04 Å². The van der Waals surface area contributed by atoms with Gasteiger partial charge in [-0.05, 0) is 94.9 Å². The number of nitrogens with zero attached hydrogens (tertiary/aromatic N) is 1. The van der Waals surface area contributed by atoms with E-state index in [1.165, 1.54) is 6.07 Å². The first-order chi connectivity index (χ1) is 16.5. The number of halogens is 1. The number of alkyl carbamates (subject to hydrolysis) is 1. The monoisotopic (exact) mass is 485 g/mol. The summed E-state index contributed by atoms with van der Waals surface area (Å²) in [6.45, 7) is 11.2. The number of carbonyl (C=O) groups is 2. The van der Waals surface area contributed by atoms with Gasteiger partial charge in [-0.15, -0.1) is 0 Å². The summed E-state index contributed by atoms with van der Waals surface area (Å²) in [5, 5.41) is 3.83. The number of aromatic nitrogens is 1. The number of hydrogen-bond donors (Lipinski definition) is 2. The van der Waals surface area contributed by atoms with Crippen LogP contribution in [-0.4, -0.2) is 40.6 Å². The van der Waals surface area contributed by atoms with Crippen molar-refractivity contribution >= 4 is 22.9 Å². The number of amides is 2. The highest BCUT2D eigenvalue weighted by Gasteiger charge is 2.37. The van der Waals surface area contributed by atoms with Gasteiger partial charge in [0.25, 0.3) is 0 Å². The number of carbonyl (C=O) groups excluding carboxylic acids is 2. The zero-order chi connectivity index (χ0) is 25.3. The number of nitrogens with one attached hydrogen (secondary N) is 2. The molecule has 2 N–H and O–H groups in total. The van der Waals surface area contributed by atoms with Crippen molar-refractivity contribution in [2.24, 2.45) is 17.8 Å². The highest BCUT2D eigenvalue weighted by Crippen LogP contribution is 2.40. The van der Waals surface area contributed by atoms with Crippen LogP contribution < -0.4 is 5.32 Å². The molecule has 0 saturated heterocycles. The molecule has 2 heterocycles. The zero-order valence-electron chi connectivity index (χ0n) is 21.7. The van der Waals surface area contributed by atoms with Crippen LogP contribution in [0, 0.1) is 23.6 Å². The Bertz CT molecular complexity index is 1060. The van der Waals surface area contributed by atoms with Crippen LogP contribution in [0.15, 0.2) is 18.2 Å². The lowest BCUT2D eigenvalue weighted by Crippen LogP contribution is -2.45. The highest BCUT2D eigenvalue weighted by molar-refractivity contribution is 5.86. The van der Waals surface area contributed by atoms with E-state index in [-0.39, 0.29) is 29.8 Å². The van der Waals surface area contributed by atoms with Crippen molar-refractivity contribution in [2.45, 2.75) is 84.8 Å². The van der Waals surface area contributed by atoms with Crippen molar-refractivity contribution in [3.63, 3.8) is 0 Å². The maximum atomic E-state index is 13.9. The lowest BCUT2D eigenvalue weighted by Gasteiger charge is -2.40. The summed E-state index contributed by atoms with van der Waals surface area (Å²) in [5.41, 5.74) is 2.67. The van der Waals surface area contributed by atoms with Crippen LogP contribution in [0.3, 0.4) is 0 Å². The van der Waals surface area contributed by atoms with E-state index in [0.29, 0.717) is 24.9 Å². The molecule has 2 aliphatic rings. The molecule has 1 aromatic carbocycles.